The summed E-state index contributed by atoms with van der Waals surface area (Å²) in [7, 11) is 5.33. The number of halogens is 1. The minimum absolute atomic E-state index is 0.108. The Labute approximate surface area is 147 Å². The number of amides is 1. The van der Waals surface area contributed by atoms with E-state index in [0.29, 0.717) is 30.2 Å². The molecule has 0 saturated heterocycles. The number of benzene rings is 1. The molecule has 2 rings (SSSR count). The molecule has 7 heteroatoms. The monoisotopic (exact) mass is 348 g/mol. The Kier molecular flexibility index (Phi) is 6.25. The van der Waals surface area contributed by atoms with E-state index in [2.05, 4.69) is 10.1 Å². The van der Waals surface area contributed by atoms with E-state index in [0.717, 1.165) is 0 Å². The summed E-state index contributed by atoms with van der Waals surface area (Å²) in [5.74, 6) is 0.883. The predicted molar refractivity (Wildman–Crippen MR) is 92.6 cm³/mol. The van der Waals surface area contributed by atoms with Gasteiger partial charge in [-0.05, 0) is 31.8 Å². The SMILES string of the molecule is CC(C)c1nc(CCN(C)C(=O)C(c2cccc(F)c2)N(C)C)no1. The molecule has 136 valence electrons. The summed E-state index contributed by atoms with van der Waals surface area (Å²) in [5, 5.41) is 3.93. The standard InChI is InChI=1S/C18H25FN4O2/c1-12(2)17-20-15(21-25-17)9-10-23(5)18(24)16(22(3)4)13-7-6-8-14(19)11-13/h6-8,11-12,16H,9-10H2,1-5H3. The Morgan fingerprint density at radius 1 is 1.28 bits per heavy atom. The van der Waals surface area contributed by atoms with Crippen LogP contribution in [0.1, 0.15) is 43.1 Å². The molecule has 0 N–H and O–H groups in total. The molecule has 0 saturated carbocycles. The van der Waals surface area contributed by atoms with Gasteiger partial charge in [-0.25, -0.2) is 4.39 Å². The molecule has 2 aromatic rings. The Bertz CT molecular complexity index is 715. The van der Waals surface area contributed by atoms with Crippen LogP contribution in [0.15, 0.2) is 28.8 Å². The summed E-state index contributed by atoms with van der Waals surface area (Å²) >= 11 is 0. The van der Waals surface area contributed by atoms with E-state index in [4.69, 9.17) is 4.52 Å². The highest BCUT2D eigenvalue weighted by atomic mass is 19.1. The maximum absolute atomic E-state index is 13.5. The molecule has 1 aromatic heterocycles. The fourth-order valence-corrected chi connectivity index (χ4v) is 2.53. The summed E-state index contributed by atoms with van der Waals surface area (Å²) in [4.78, 5) is 20.5. The zero-order valence-corrected chi connectivity index (χ0v) is 15.4. The van der Waals surface area contributed by atoms with E-state index >= 15 is 0 Å². The lowest BCUT2D eigenvalue weighted by Gasteiger charge is -2.28. The lowest BCUT2D eigenvalue weighted by Crippen LogP contribution is -2.39. The van der Waals surface area contributed by atoms with E-state index in [1.165, 1.54) is 12.1 Å². The van der Waals surface area contributed by atoms with Gasteiger partial charge in [-0.1, -0.05) is 31.1 Å². The lowest BCUT2D eigenvalue weighted by molar-refractivity contribution is -0.135. The average molecular weight is 348 g/mol. The second-order valence-corrected chi connectivity index (χ2v) is 6.63. The zero-order valence-electron chi connectivity index (χ0n) is 15.4. The van der Waals surface area contributed by atoms with E-state index < -0.39 is 6.04 Å². The topological polar surface area (TPSA) is 62.5 Å². The van der Waals surface area contributed by atoms with Crippen molar-refractivity contribution in [2.75, 3.05) is 27.7 Å². The second-order valence-electron chi connectivity index (χ2n) is 6.63. The van der Waals surface area contributed by atoms with Crippen LogP contribution in [-0.4, -0.2) is 53.5 Å². The summed E-state index contributed by atoms with van der Waals surface area (Å²) in [5.41, 5.74) is 0.628. The minimum atomic E-state index is -0.544. The van der Waals surface area contributed by atoms with Crippen LogP contribution in [-0.2, 0) is 11.2 Å². The number of hydrogen-bond acceptors (Lipinski definition) is 5. The number of rotatable bonds is 7. The van der Waals surface area contributed by atoms with Gasteiger partial charge in [-0.3, -0.25) is 9.69 Å². The molecule has 0 radical (unpaired) electrons. The summed E-state index contributed by atoms with van der Waals surface area (Å²) < 4.78 is 18.7. The molecule has 0 aliphatic carbocycles. The van der Waals surface area contributed by atoms with Crippen molar-refractivity contribution in [3.8, 4) is 0 Å². The largest absolute Gasteiger partial charge is 0.344 e. The molecule has 0 fully saturated rings. The molecule has 0 spiro atoms. The number of carbonyl (C=O) groups excluding carboxylic acids is 1. The first-order chi connectivity index (χ1) is 11.8. The maximum Gasteiger partial charge on any atom is 0.244 e. The molecule has 1 amide bonds. The second kappa shape index (κ2) is 8.20. The van der Waals surface area contributed by atoms with Crippen molar-refractivity contribution >= 4 is 5.91 Å². The number of carbonyl (C=O) groups is 1. The van der Waals surface area contributed by atoms with Gasteiger partial charge in [0, 0.05) is 25.9 Å². The highest BCUT2D eigenvalue weighted by molar-refractivity contribution is 5.83. The van der Waals surface area contributed by atoms with Crippen molar-refractivity contribution in [1.82, 2.24) is 19.9 Å². The van der Waals surface area contributed by atoms with E-state index in [1.54, 1.807) is 43.1 Å². The van der Waals surface area contributed by atoms with Crippen LogP contribution < -0.4 is 0 Å². The van der Waals surface area contributed by atoms with Gasteiger partial charge in [-0.2, -0.15) is 4.98 Å². The summed E-state index contributed by atoms with van der Waals surface area (Å²) in [6, 6.07) is 5.59. The van der Waals surface area contributed by atoms with Crippen LogP contribution in [0.2, 0.25) is 0 Å². The van der Waals surface area contributed by atoms with Gasteiger partial charge in [0.05, 0.1) is 0 Å². The molecule has 1 atom stereocenters. The Morgan fingerprint density at radius 3 is 2.56 bits per heavy atom. The van der Waals surface area contributed by atoms with Crippen molar-refractivity contribution in [3.05, 3.63) is 47.4 Å². The van der Waals surface area contributed by atoms with Gasteiger partial charge in [0.25, 0.3) is 0 Å². The third-order valence-electron chi connectivity index (χ3n) is 3.94. The highest BCUT2D eigenvalue weighted by Crippen LogP contribution is 2.21. The first-order valence-electron chi connectivity index (χ1n) is 8.29. The maximum atomic E-state index is 13.5. The molecule has 0 aliphatic heterocycles. The molecular weight excluding hydrogens is 323 g/mol. The van der Waals surface area contributed by atoms with Crippen LogP contribution in [0, 0.1) is 5.82 Å². The Balaban J connectivity index is 2.05. The number of likely N-dealkylation sites (N-methyl/N-ethyl adjacent to an activating group) is 2. The van der Waals surface area contributed by atoms with Gasteiger partial charge in [-0.15, -0.1) is 0 Å². The third-order valence-corrected chi connectivity index (χ3v) is 3.94. The lowest BCUT2D eigenvalue weighted by atomic mass is 10.0. The van der Waals surface area contributed by atoms with Gasteiger partial charge in [0.2, 0.25) is 11.8 Å². The first kappa shape index (κ1) is 19.1. The number of nitrogens with zero attached hydrogens (tertiary/aromatic N) is 4. The molecular formula is C18H25FN4O2. The van der Waals surface area contributed by atoms with Crippen molar-refractivity contribution < 1.29 is 13.7 Å². The van der Waals surface area contributed by atoms with E-state index in [1.807, 2.05) is 13.8 Å². The Morgan fingerprint density at radius 2 is 2.00 bits per heavy atom. The fraction of sp³-hybridized carbons (Fsp3) is 0.500. The minimum Gasteiger partial charge on any atom is -0.344 e. The average Bonchev–Trinajstić information content (AvgIpc) is 3.01. The van der Waals surface area contributed by atoms with Crippen LogP contribution in [0.3, 0.4) is 0 Å². The van der Waals surface area contributed by atoms with Crippen LogP contribution in [0.5, 0.6) is 0 Å². The quantitative estimate of drug-likeness (QED) is 0.770. The van der Waals surface area contributed by atoms with Crippen LogP contribution in [0.25, 0.3) is 0 Å². The molecule has 25 heavy (non-hydrogen) atoms. The van der Waals surface area contributed by atoms with Gasteiger partial charge >= 0.3 is 0 Å². The van der Waals surface area contributed by atoms with E-state index in [-0.39, 0.29) is 17.6 Å². The van der Waals surface area contributed by atoms with Crippen molar-refractivity contribution in [2.24, 2.45) is 0 Å². The number of aromatic nitrogens is 2. The molecule has 1 unspecified atom stereocenters. The summed E-state index contributed by atoms with van der Waals surface area (Å²) in [6.45, 7) is 4.41. The van der Waals surface area contributed by atoms with Gasteiger partial charge in [0.15, 0.2) is 5.82 Å². The first-order valence-corrected chi connectivity index (χ1v) is 8.29. The molecule has 1 heterocycles. The van der Waals surface area contributed by atoms with Gasteiger partial charge < -0.3 is 9.42 Å². The van der Waals surface area contributed by atoms with Crippen molar-refractivity contribution in [3.63, 3.8) is 0 Å². The molecule has 1 aromatic carbocycles. The van der Waals surface area contributed by atoms with Crippen LogP contribution >= 0.6 is 0 Å². The van der Waals surface area contributed by atoms with Crippen LogP contribution in [0.4, 0.5) is 4.39 Å². The predicted octanol–water partition coefficient (Wildman–Crippen LogP) is 2.64. The van der Waals surface area contributed by atoms with E-state index in [9.17, 15) is 9.18 Å². The smallest absolute Gasteiger partial charge is 0.244 e. The van der Waals surface area contributed by atoms with Crippen molar-refractivity contribution in [2.45, 2.75) is 32.2 Å². The molecule has 0 bridgehead atoms. The molecule has 6 nitrogen and oxygen atoms in total. The normalized spacial score (nSPS) is 12.6. The summed E-state index contributed by atoms with van der Waals surface area (Å²) in [6.07, 6.45) is 0.502. The fourth-order valence-electron chi connectivity index (χ4n) is 2.53. The van der Waals surface area contributed by atoms with Crippen molar-refractivity contribution in [1.29, 1.82) is 0 Å². The highest BCUT2D eigenvalue weighted by Gasteiger charge is 2.26. The molecule has 0 aliphatic rings. The van der Waals surface area contributed by atoms with Gasteiger partial charge in [0.1, 0.15) is 11.9 Å². The zero-order chi connectivity index (χ0) is 18.6. The number of hydrogen-bond donors (Lipinski definition) is 0. The third kappa shape index (κ3) is 4.85. The Hall–Kier alpha value is -2.28.